The number of hydrogen-bond donors (Lipinski definition) is 1. The topological polar surface area (TPSA) is 91.8 Å². The number of rotatable bonds is 10. The van der Waals surface area contributed by atoms with Crippen LogP contribution in [0.25, 0.3) is 0 Å². The number of unbranched alkanes of at least 4 members (excludes halogenated alkanes) is 2. The summed E-state index contributed by atoms with van der Waals surface area (Å²) >= 11 is 0. The predicted octanol–water partition coefficient (Wildman–Crippen LogP) is 0.915. The van der Waals surface area contributed by atoms with Crippen LogP contribution >= 0.6 is 0 Å². The minimum Gasteiger partial charge on any atom is -0.481 e. The molecular weight excluding hydrogens is 270 g/mol. The number of carboxylic acid groups (broad SMARTS) is 1. The van der Waals surface area contributed by atoms with Crippen molar-refractivity contribution >= 4 is 21.7 Å². The number of carbonyl (C=O) groups is 2. The van der Waals surface area contributed by atoms with Gasteiger partial charge in [-0.05, 0) is 13.3 Å². The lowest BCUT2D eigenvalue weighted by Gasteiger charge is -2.19. The SMILES string of the molecule is CCCCCS(=O)(=O)CC(=O)N(CC)CCC(=O)O. The third kappa shape index (κ3) is 8.58. The number of carbonyl (C=O) groups excluding carboxylic acids is 1. The van der Waals surface area contributed by atoms with Gasteiger partial charge in [0.05, 0.1) is 12.2 Å². The lowest BCUT2D eigenvalue weighted by Crippen LogP contribution is -2.37. The van der Waals surface area contributed by atoms with Crippen molar-refractivity contribution in [1.29, 1.82) is 0 Å². The van der Waals surface area contributed by atoms with E-state index in [1.165, 1.54) is 4.90 Å². The van der Waals surface area contributed by atoms with Crippen LogP contribution in [0.5, 0.6) is 0 Å². The van der Waals surface area contributed by atoms with E-state index >= 15 is 0 Å². The van der Waals surface area contributed by atoms with Gasteiger partial charge in [0.1, 0.15) is 5.75 Å². The number of nitrogens with zero attached hydrogens (tertiary/aromatic N) is 1. The van der Waals surface area contributed by atoms with Crippen LogP contribution in [-0.4, -0.2) is 54.9 Å². The first-order valence-electron chi connectivity index (χ1n) is 6.52. The molecule has 0 fully saturated rings. The first-order chi connectivity index (χ1) is 8.82. The Bertz CT molecular complexity index is 391. The number of amides is 1. The van der Waals surface area contributed by atoms with Gasteiger partial charge in [0.2, 0.25) is 5.91 Å². The van der Waals surface area contributed by atoms with Crippen LogP contribution in [-0.2, 0) is 19.4 Å². The number of sulfone groups is 1. The summed E-state index contributed by atoms with van der Waals surface area (Å²) in [7, 11) is -3.39. The van der Waals surface area contributed by atoms with Crippen LogP contribution in [0.15, 0.2) is 0 Å². The average Bonchev–Trinajstić information content (AvgIpc) is 2.28. The molecule has 1 N–H and O–H groups in total. The van der Waals surface area contributed by atoms with Gasteiger partial charge in [-0.15, -0.1) is 0 Å². The molecule has 7 heteroatoms. The molecular formula is C12H23NO5S. The van der Waals surface area contributed by atoms with Crippen LogP contribution in [0.2, 0.25) is 0 Å². The second kappa shape index (κ2) is 8.90. The summed E-state index contributed by atoms with van der Waals surface area (Å²) in [6.45, 7) is 4.04. The van der Waals surface area contributed by atoms with Crippen molar-refractivity contribution in [3.8, 4) is 0 Å². The monoisotopic (exact) mass is 293 g/mol. The molecule has 0 unspecified atom stereocenters. The molecule has 0 radical (unpaired) electrons. The third-order valence-electron chi connectivity index (χ3n) is 2.73. The Balaban J connectivity index is 4.34. The molecule has 0 saturated heterocycles. The molecule has 112 valence electrons. The van der Waals surface area contributed by atoms with Crippen molar-refractivity contribution in [2.24, 2.45) is 0 Å². The van der Waals surface area contributed by atoms with Crippen molar-refractivity contribution in [2.75, 3.05) is 24.6 Å². The van der Waals surface area contributed by atoms with Crippen molar-refractivity contribution in [1.82, 2.24) is 4.90 Å². The zero-order valence-electron chi connectivity index (χ0n) is 11.6. The predicted molar refractivity (Wildman–Crippen MR) is 72.7 cm³/mol. The molecule has 0 aromatic rings. The fourth-order valence-electron chi connectivity index (χ4n) is 1.61. The molecule has 0 bridgehead atoms. The maximum Gasteiger partial charge on any atom is 0.305 e. The van der Waals surface area contributed by atoms with Gasteiger partial charge in [0, 0.05) is 13.1 Å². The Morgan fingerprint density at radius 3 is 2.26 bits per heavy atom. The van der Waals surface area contributed by atoms with Gasteiger partial charge < -0.3 is 10.0 Å². The summed E-state index contributed by atoms with van der Waals surface area (Å²) in [6.07, 6.45) is 2.13. The molecule has 0 heterocycles. The Hall–Kier alpha value is -1.11. The molecule has 0 aliphatic carbocycles. The second-order valence-electron chi connectivity index (χ2n) is 4.42. The van der Waals surface area contributed by atoms with Gasteiger partial charge in [-0.2, -0.15) is 0 Å². The summed E-state index contributed by atoms with van der Waals surface area (Å²) < 4.78 is 23.4. The summed E-state index contributed by atoms with van der Waals surface area (Å²) in [6, 6.07) is 0. The number of aliphatic carboxylic acids is 1. The number of hydrogen-bond acceptors (Lipinski definition) is 4. The number of carboxylic acids is 1. The Morgan fingerprint density at radius 2 is 1.79 bits per heavy atom. The van der Waals surface area contributed by atoms with E-state index in [0.29, 0.717) is 13.0 Å². The highest BCUT2D eigenvalue weighted by Crippen LogP contribution is 2.03. The van der Waals surface area contributed by atoms with Crippen LogP contribution in [0.4, 0.5) is 0 Å². The van der Waals surface area contributed by atoms with Crippen LogP contribution in [0, 0.1) is 0 Å². The van der Waals surface area contributed by atoms with E-state index in [1.54, 1.807) is 6.92 Å². The molecule has 6 nitrogen and oxygen atoms in total. The largest absolute Gasteiger partial charge is 0.481 e. The zero-order valence-corrected chi connectivity index (χ0v) is 12.4. The molecule has 0 spiro atoms. The third-order valence-corrected chi connectivity index (χ3v) is 4.33. The molecule has 0 rings (SSSR count). The minimum atomic E-state index is -3.39. The van der Waals surface area contributed by atoms with Crippen LogP contribution in [0.3, 0.4) is 0 Å². The molecule has 0 saturated carbocycles. The van der Waals surface area contributed by atoms with Crippen LogP contribution in [0.1, 0.15) is 39.5 Å². The van der Waals surface area contributed by atoms with Gasteiger partial charge in [-0.1, -0.05) is 19.8 Å². The van der Waals surface area contributed by atoms with E-state index in [4.69, 9.17) is 5.11 Å². The van der Waals surface area contributed by atoms with Crippen molar-refractivity contribution in [3.05, 3.63) is 0 Å². The van der Waals surface area contributed by atoms with Crippen molar-refractivity contribution < 1.29 is 23.1 Å². The maximum atomic E-state index is 11.8. The summed E-state index contributed by atoms with van der Waals surface area (Å²) in [5, 5.41) is 8.56. The smallest absolute Gasteiger partial charge is 0.305 e. The Morgan fingerprint density at radius 1 is 1.16 bits per heavy atom. The highest BCUT2D eigenvalue weighted by Gasteiger charge is 2.20. The standard InChI is InChI=1S/C12H23NO5S/c1-3-5-6-9-19(17,18)10-11(14)13(4-2)8-7-12(15)16/h3-10H2,1-2H3,(H,15,16). The summed E-state index contributed by atoms with van der Waals surface area (Å²) in [4.78, 5) is 23.5. The Kier molecular flexibility index (Phi) is 8.38. The first kappa shape index (κ1) is 17.9. The molecule has 1 amide bonds. The highest BCUT2D eigenvalue weighted by atomic mass is 32.2. The van der Waals surface area contributed by atoms with Gasteiger partial charge >= 0.3 is 5.97 Å². The fraction of sp³-hybridized carbons (Fsp3) is 0.833. The van der Waals surface area contributed by atoms with E-state index in [2.05, 4.69) is 0 Å². The maximum absolute atomic E-state index is 11.8. The van der Waals surface area contributed by atoms with E-state index in [-0.39, 0.29) is 18.7 Å². The first-order valence-corrected chi connectivity index (χ1v) is 8.34. The fourth-order valence-corrected chi connectivity index (χ4v) is 2.96. The second-order valence-corrected chi connectivity index (χ2v) is 6.60. The van der Waals surface area contributed by atoms with E-state index < -0.39 is 27.5 Å². The van der Waals surface area contributed by atoms with Crippen molar-refractivity contribution in [2.45, 2.75) is 39.5 Å². The van der Waals surface area contributed by atoms with E-state index in [1.807, 2.05) is 6.92 Å². The van der Waals surface area contributed by atoms with Crippen molar-refractivity contribution in [3.63, 3.8) is 0 Å². The van der Waals surface area contributed by atoms with E-state index in [0.717, 1.165) is 12.8 Å². The molecule has 0 aromatic carbocycles. The van der Waals surface area contributed by atoms with Gasteiger partial charge in [0.25, 0.3) is 0 Å². The highest BCUT2D eigenvalue weighted by molar-refractivity contribution is 7.92. The molecule has 0 aliphatic heterocycles. The molecule has 0 aromatic heterocycles. The Labute approximate surface area is 114 Å². The van der Waals surface area contributed by atoms with Gasteiger partial charge in [-0.25, -0.2) is 8.42 Å². The normalized spacial score (nSPS) is 11.3. The van der Waals surface area contributed by atoms with Gasteiger partial charge in [0.15, 0.2) is 9.84 Å². The lowest BCUT2D eigenvalue weighted by atomic mass is 10.3. The summed E-state index contributed by atoms with van der Waals surface area (Å²) in [5.74, 6) is -2.02. The zero-order chi connectivity index (χ0) is 14.9. The summed E-state index contributed by atoms with van der Waals surface area (Å²) in [5.41, 5.74) is 0. The average molecular weight is 293 g/mol. The van der Waals surface area contributed by atoms with E-state index in [9.17, 15) is 18.0 Å². The molecule has 0 atom stereocenters. The molecule has 0 aliphatic rings. The molecule has 19 heavy (non-hydrogen) atoms. The van der Waals surface area contributed by atoms with Gasteiger partial charge in [-0.3, -0.25) is 9.59 Å². The van der Waals surface area contributed by atoms with Crippen LogP contribution < -0.4 is 0 Å². The minimum absolute atomic E-state index is 0.0169. The lowest BCUT2D eigenvalue weighted by molar-refractivity contribution is -0.138. The quantitative estimate of drug-likeness (QED) is 0.605.